The SMILES string of the molecule is O=C(NCCN1C(=O)CSC1=S)c1ccc(C(F)(F)F)cc1. The predicted octanol–water partition coefficient (Wildman–Crippen LogP) is 2.30. The van der Waals surface area contributed by atoms with E-state index in [2.05, 4.69) is 5.32 Å². The Morgan fingerprint density at radius 2 is 1.95 bits per heavy atom. The maximum absolute atomic E-state index is 12.4. The molecular weight excluding hydrogens is 337 g/mol. The summed E-state index contributed by atoms with van der Waals surface area (Å²) >= 11 is 6.25. The van der Waals surface area contributed by atoms with Crippen molar-refractivity contribution in [2.24, 2.45) is 0 Å². The second kappa shape index (κ2) is 6.66. The molecule has 1 saturated heterocycles. The number of rotatable bonds is 4. The third-order valence-electron chi connectivity index (χ3n) is 2.94. The van der Waals surface area contributed by atoms with Gasteiger partial charge in [0, 0.05) is 18.7 Å². The topological polar surface area (TPSA) is 49.4 Å². The van der Waals surface area contributed by atoms with E-state index >= 15 is 0 Å². The molecule has 1 N–H and O–H groups in total. The molecule has 1 aliphatic rings. The van der Waals surface area contributed by atoms with Crippen LogP contribution in [0.3, 0.4) is 0 Å². The number of hydrogen-bond donors (Lipinski definition) is 1. The van der Waals surface area contributed by atoms with Crippen molar-refractivity contribution in [3.63, 3.8) is 0 Å². The van der Waals surface area contributed by atoms with Crippen LogP contribution >= 0.6 is 24.0 Å². The van der Waals surface area contributed by atoms with E-state index in [-0.39, 0.29) is 24.6 Å². The van der Waals surface area contributed by atoms with Crippen LogP contribution < -0.4 is 5.32 Å². The summed E-state index contributed by atoms with van der Waals surface area (Å²) in [4.78, 5) is 24.7. The van der Waals surface area contributed by atoms with Crippen molar-refractivity contribution in [1.29, 1.82) is 0 Å². The summed E-state index contributed by atoms with van der Waals surface area (Å²) < 4.78 is 37.7. The molecule has 0 spiro atoms. The van der Waals surface area contributed by atoms with Gasteiger partial charge in [-0.25, -0.2) is 0 Å². The summed E-state index contributed by atoms with van der Waals surface area (Å²) in [6.07, 6.45) is -4.43. The molecule has 2 rings (SSSR count). The molecule has 1 fully saturated rings. The number of carbonyl (C=O) groups excluding carboxylic acids is 2. The summed E-state index contributed by atoms with van der Waals surface area (Å²) in [5, 5.41) is 2.54. The van der Waals surface area contributed by atoms with Gasteiger partial charge in [0.15, 0.2) is 0 Å². The molecule has 1 heterocycles. The average Bonchev–Trinajstić information content (AvgIpc) is 2.78. The van der Waals surface area contributed by atoms with Gasteiger partial charge >= 0.3 is 6.18 Å². The van der Waals surface area contributed by atoms with Crippen LogP contribution in [0, 0.1) is 0 Å². The molecule has 0 bridgehead atoms. The zero-order chi connectivity index (χ0) is 16.3. The van der Waals surface area contributed by atoms with Crippen molar-refractivity contribution in [3.8, 4) is 0 Å². The van der Waals surface area contributed by atoms with Crippen LogP contribution in [0.4, 0.5) is 13.2 Å². The molecule has 0 radical (unpaired) electrons. The Hall–Kier alpha value is -1.61. The standard InChI is InChI=1S/C13H11F3N2O2S2/c14-13(15,16)9-3-1-8(2-4-9)11(20)17-5-6-18-10(19)7-22-12(18)21/h1-4H,5-7H2,(H,17,20). The number of alkyl halides is 3. The Morgan fingerprint density at radius 1 is 1.32 bits per heavy atom. The number of hydrogen-bond acceptors (Lipinski definition) is 4. The molecule has 2 amide bonds. The Balaban J connectivity index is 1.87. The number of halogens is 3. The highest BCUT2D eigenvalue weighted by Gasteiger charge is 2.30. The van der Waals surface area contributed by atoms with Gasteiger partial charge in [0.2, 0.25) is 5.91 Å². The molecule has 0 unspecified atom stereocenters. The molecule has 0 saturated carbocycles. The van der Waals surface area contributed by atoms with Gasteiger partial charge in [-0.1, -0.05) is 24.0 Å². The van der Waals surface area contributed by atoms with Gasteiger partial charge in [-0.2, -0.15) is 13.2 Å². The van der Waals surface area contributed by atoms with E-state index in [1.165, 1.54) is 16.7 Å². The predicted molar refractivity (Wildman–Crippen MR) is 80.5 cm³/mol. The first kappa shape index (κ1) is 16.8. The first-order chi connectivity index (χ1) is 10.3. The summed E-state index contributed by atoms with van der Waals surface area (Å²) in [7, 11) is 0. The summed E-state index contributed by atoms with van der Waals surface area (Å²) in [5.74, 6) is -0.316. The molecule has 1 aliphatic heterocycles. The van der Waals surface area contributed by atoms with E-state index in [0.29, 0.717) is 10.1 Å². The number of nitrogens with one attached hydrogen (secondary N) is 1. The smallest absolute Gasteiger partial charge is 0.350 e. The molecule has 22 heavy (non-hydrogen) atoms. The van der Waals surface area contributed by atoms with E-state index in [0.717, 1.165) is 24.3 Å². The van der Waals surface area contributed by atoms with Crippen molar-refractivity contribution in [2.45, 2.75) is 6.18 Å². The highest BCUT2D eigenvalue weighted by molar-refractivity contribution is 8.23. The van der Waals surface area contributed by atoms with Gasteiger partial charge in [-0.05, 0) is 24.3 Å². The fourth-order valence-corrected chi connectivity index (χ4v) is 2.91. The van der Waals surface area contributed by atoms with Gasteiger partial charge in [0.05, 0.1) is 11.3 Å². The van der Waals surface area contributed by atoms with Gasteiger partial charge in [-0.15, -0.1) is 0 Å². The summed E-state index contributed by atoms with van der Waals surface area (Å²) in [5.41, 5.74) is -0.688. The fraction of sp³-hybridized carbons (Fsp3) is 0.308. The number of thioether (sulfide) groups is 1. The van der Waals surface area contributed by atoms with E-state index in [4.69, 9.17) is 12.2 Å². The zero-order valence-corrected chi connectivity index (χ0v) is 12.8. The third kappa shape index (κ3) is 3.98. The first-order valence-electron chi connectivity index (χ1n) is 6.21. The maximum atomic E-state index is 12.4. The lowest BCUT2D eigenvalue weighted by molar-refractivity contribution is -0.137. The molecule has 0 aromatic heterocycles. The van der Waals surface area contributed by atoms with Gasteiger partial charge < -0.3 is 5.32 Å². The Bertz CT molecular complexity index is 586. The van der Waals surface area contributed by atoms with E-state index in [1.807, 2.05) is 0 Å². The van der Waals surface area contributed by atoms with Crippen molar-refractivity contribution >= 4 is 40.1 Å². The fourth-order valence-electron chi connectivity index (χ4n) is 1.79. The molecule has 1 aromatic carbocycles. The van der Waals surface area contributed by atoms with Crippen molar-refractivity contribution in [2.75, 3.05) is 18.8 Å². The van der Waals surface area contributed by atoms with Crippen LogP contribution in [-0.4, -0.2) is 39.9 Å². The highest BCUT2D eigenvalue weighted by atomic mass is 32.2. The van der Waals surface area contributed by atoms with Crippen molar-refractivity contribution in [1.82, 2.24) is 10.2 Å². The lowest BCUT2D eigenvalue weighted by Gasteiger charge is -2.15. The minimum absolute atomic E-state index is 0.112. The third-order valence-corrected chi connectivity index (χ3v) is 4.37. The Kier molecular flexibility index (Phi) is 5.07. The van der Waals surface area contributed by atoms with Crippen LogP contribution in [0.25, 0.3) is 0 Å². The quantitative estimate of drug-likeness (QED) is 0.849. The molecule has 118 valence electrons. The highest BCUT2D eigenvalue weighted by Crippen LogP contribution is 2.29. The normalized spacial score (nSPS) is 15.3. The van der Waals surface area contributed by atoms with Gasteiger partial charge in [0.25, 0.3) is 5.91 Å². The molecule has 1 aromatic rings. The minimum Gasteiger partial charge on any atom is -0.350 e. The summed E-state index contributed by atoms with van der Waals surface area (Å²) in [6, 6.07) is 3.93. The molecular formula is C13H11F3N2O2S2. The van der Waals surface area contributed by atoms with Crippen LogP contribution in [0.15, 0.2) is 24.3 Å². The number of carbonyl (C=O) groups is 2. The molecule has 0 aliphatic carbocycles. The van der Waals surface area contributed by atoms with Crippen LogP contribution in [0.5, 0.6) is 0 Å². The maximum Gasteiger partial charge on any atom is 0.416 e. The van der Waals surface area contributed by atoms with Crippen LogP contribution in [0.1, 0.15) is 15.9 Å². The Labute approximate surface area is 134 Å². The molecule has 9 heteroatoms. The number of amides is 2. The second-order valence-electron chi connectivity index (χ2n) is 4.43. The van der Waals surface area contributed by atoms with E-state index < -0.39 is 17.6 Å². The number of nitrogens with zero attached hydrogens (tertiary/aromatic N) is 1. The zero-order valence-electron chi connectivity index (χ0n) is 11.1. The Morgan fingerprint density at radius 3 is 2.45 bits per heavy atom. The number of thiocarbonyl (C=S) groups is 1. The molecule has 4 nitrogen and oxygen atoms in total. The number of benzene rings is 1. The van der Waals surface area contributed by atoms with Crippen LogP contribution in [-0.2, 0) is 11.0 Å². The molecule has 0 atom stereocenters. The van der Waals surface area contributed by atoms with Gasteiger partial charge in [-0.3, -0.25) is 14.5 Å². The lowest BCUT2D eigenvalue weighted by Crippen LogP contribution is -2.37. The van der Waals surface area contributed by atoms with E-state index in [1.54, 1.807) is 0 Å². The van der Waals surface area contributed by atoms with Crippen molar-refractivity contribution in [3.05, 3.63) is 35.4 Å². The lowest BCUT2D eigenvalue weighted by atomic mass is 10.1. The summed E-state index contributed by atoms with van der Waals surface area (Å²) in [6.45, 7) is 0.420. The first-order valence-corrected chi connectivity index (χ1v) is 7.61. The monoisotopic (exact) mass is 348 g/mol. The minimum atomic E-state index is -4.43. The van der Waals surface area contributed by atoms with Crippen molar-refractivity contribution < 1.29 is 22.8 Å². The largest absolute Gasteiger partial charge is 0.416 e. The van der Waals surface area contributed by atoms with Gasteiger partial charge in [0.1, 0.15) is 4.32 Å². The van der Waals surface area contributed by atoms with E-state index in [9.17, 15) is 22.8 Å². The van der Waals surface area contributed by atoms with Crippen LogP contribution in [0.2, 0.25) is 0 Å². The average molecular weight is 348 g/mol. The second-order valence-corrected chi connectivity index (χ2v) is 6.04.